The van der Waals surface area contributed by atoms with Gasteiger partial charge in [-0.25, -0.2) is 41.5 Å². The Bertz CT molecular complexity index is 3280. The second-order valence-corrected chi connectivity index (χ2v) is 21.5. The summed E-state index contributed by atoms with van der Waals surface area (Å²) >= 11 is 0. The summed E-state index contributed by atoms with van der Waals surface area (Å²) in [6, 6.07) is 9.75. The highest BCUT2D eigenvalue weighted by Gasteiger charge is 2.43. The zero-order chi connectivity index (χ0) is 57.4. The van der Waals surface area contributed by atoms with Crippen molar-refractivity contribution in [3.8, 4) is 0 Å². The third kappa shape index (κ3) is 11.4. The Morgan fingerprint density at radius 3 is 1.72 bits per heavy atom. The number of fused-ring (bicyclic) bond motifs is 2. The quantitative estimate of drug-likeness (QED) is 0.0671. The van der Waals surface area contributed by atoms with Crippen molar-refractivity contribution in [1.29, 1.82) is 0 Å². The van der Waals surface area contributed by atoms with E-state index in [1.807, 2.05) is 0 Å². The standard InChI is InChI=1S/C58H67F5N10O8/c1-30(78-3)51(68-57(76)80-5)55(74)71-19-7-9-35(71)25-50-64-43-26-37(39(60)28-45(43)65-50)47-15-16-48(73(47)36-23-41(62)53(42(63)24-36)70-21-17-33(18-22-70)32-11-13-34(59)14-12-32)38-27-44-46(29-40(38)61)67-54(66-44)49-10-8-20-72(49)56(75)52(31(2)79-4)69-58(77)81-6/h11-14,23-24,26-31,33,35,47-49,51-52H,7-10,15-22,25H2,1-6H3,(H,64,65)(H,66,67)(H,68,76)(H,69,77)/t30-,31-,35?,47-,48-,49+,51+,52+/m1/s1. The van der Waals surface area contributed by atoms with Gasteiger partial charge in [0.2, 0.25) is 11.8 Å². The molecule has 4 amide bonds. The lowest BCUT2D eigenvalue weighted by Gasteiger charge is -2.36. The number of ether oxygens (including phenoxy) is 4. The van der Waals surface area contributed by atoms with E-state index in [0.29, 0.717) is 92.9 Å². The molecule has 432 valence electrons. The molecule has 6 heterocycles. The maximum atomic E-state index is 17.0. The van der Waals surface area contributed by atoms with Gasteiger partial charge in [-0.3, -0.25) is 9.59 Å². The number of aromatic amines is 2. The molecule has 8 atom stereocenters. The third-order valence-corrected chi connectivity index (χ3v) is 16.9. The molecule has 4 fully saturated rings. The number of methoxy groups -OCH3 is 4. The largest absolute Gasteiger partial charge is 0.453 e. The number of halogens is 5. The Morgan fingerprint density at radius 1 is 0.617 bits per heavy atom. The number of hydrogen-bond acceptors (Lipinski definition) is 12. The molecule has 0 spiro atoms. The van der Waals surface area contributed by atoms with Crippen LogP contribution in [0.2, 0.25) is 0 Å². The number of alkyl carbamates (subject to hydrolysis) is 2. The number of likely N-dealkylation sites (tertiary alicyclic amines) is 2. The van der Waals surface area contributed by atoms with E-state index in [4.69, 9.17) is 28.9 Å². The molecule has 18 nitrogen and oxygen atoms in total. The number of piperidine rings is 1. The summed E-state index contributed by atoms with van der Waals surface area (Å²) in [5.41, 5.74) is 2.61. The molecule has 0 radical (unpaired) electrons. The second-order valence-electron chi connectivity index (χ2n) is 21.5. The van der Waals surface area contributed by atoms with Crippen molar-refractivity contribution in [1.82, 2.24) is 40.4 Å². The number of hydrogen-bond donors (Lipinski definition) is 4. The van der Waals surface area contributed by atoms with Crippen LogP contribution < -0.4 is 20.4 Å². The normalized spacial score (nSPS) is 21.2. The number of H-pyrrole nitrogens is 2. The van der Waals surface area contributed by atoms with Gasteiger partial charge in [-0.05, 0) is 113 Å². The third-order valence-electron chi connectivity index (χ3n) is 16.9. The van der Waals surface area contributed by atoms with Crippen LogP contribution in [-0.4, -0.2) is 139 Å². The summed E-state index contributed by atoms with van der Waals surface area (Å²) in [6.07, 6.45) is 1.40. The number of aromatic nitrogens is 4. The zero-order valence-corrected chi connectivity index (χ0v) is 46.0. The minimum absolute atomic E-state index is 0.0614. The van der Waals surface area contributed by atoms with E-state index in [1.165, 1.54) is 64.8 Å². The van der Waals surface area contributed by atoms with Crippen molar-refractivity contribution >= 4 is 57.4 Å². The number of nitrogens with one attached hydrogen (secondary N) is 4. The summed E-state index contributed by atoms with van der Waals surface area (Å²) in [5, 5.41) is 5.16. The highest BCUT2D eigenvalue weighted by molar-refractivity contribution is 5.88. The Hall–Kier alpha value is -7.53. The first kappa shape index (κ1) is 56.7. The Labute approximate surface area is 465 Å². The Balaban J connectivity index is 0.973. The topological polar surface area (TPSA) is 200 Å². The highest BCUT2D eigenvalue weighted by atomic mass is 19.1. The smallest absolute Gasteiger partial charge is 0.407 e. The van der Waals surface area contributed by atoms with Gasteiger partial charge < -0.3 is 59.1 Å². The van der Waals surface area contributed by atoms with Crippen molar-refractivity contribution in [2.45, 2.75) is 126 Å². The van der Waals surface area contributed by atoms with Crippen LogP contribution in [0, 0.1) is 29.1 Å². The molecule has 4 aromatic carbocycles. The predicted octanol–water partition coefficient (Wildman–Crippen LogP) is 9.32. The van der Waals surface area contributed by atoms with Crippen LogP contribution in [-0.2, 0) is 35.0 Å². The van der Waals surface area contributed by atoms with Crippen LogP contribution in [0.4, 0.5) is 42.9 Å². The van der Waals surface area contributed by atoms with Gasteiger partial charge >= 0.3 is 12.2 Å². The van der Waals surface area contributed by atoms with Gasteiger partial charge in [0.15, 0.2) is 11.6 Å². The fourth-order valence-corrected chi connectivity index (χ4v) is 12.5. The number of carbonyl (C=O) groups is 4. The minimum Gasteiger partial charge on any atom is -0.453 e. The lowest BCUT2D eigenvalue weighted by molar-refractivity contribution is -0.138. The maximum absolute atomic E-state index is 17.0. The van der Waals surface area contributed by atoms with Crippen LogP contribution in [0.1, 0.15) is 118 Å². The molecule has 0 saturated carbocycles. The number of amides is 4. The first-order valence-corrected chi connectivity index (χ1v) is 27.5. The average Bonchev–Trinajstić information content (AvgIpc) is 4.41. The van der Waals surface area contributed by atoms with Gasteiger partial charge in [0.1, 0.15) is 46.9 Å². The predicted molar refractivity (Wildman–Crippen MR) is 290 cm³/mol. The molecule has 10 rings (SSSR count). The molecule has 4 aliphatic rings. The summed E-state index contributed by atoms with van der Waals surface area (Å²) in [6.45, 7) is 4.76. The fourth-order valence-electron chi connectivity index (χ4n) is 12.5. The van der Waals surface area contributed by atoms with E-state index < -0.39 is 83.8 Å². The van der Waals surface area contributed by atoms with Gasteiger partial charge in [0, 0.05) is 81.8 Å². The molecule has 4 N–H and O–H groups in total. The molecule has 1 unspecified atom stereocenters. The van der Waals surface area contributed by atoms with Gasteiger partial charge in [-0.1, -0.05) is 12.1 Å². The summed E-state index contributed by atoms with van der Waals surface area (Å²) in [5.74, 6) is -3.17. The molecule has 0 bridgehead atoms. The number of imidazole rings is 2. The van der Waals surface area contributed by atoms with Gasteiger partial charge in [-0.15, -0.1) is 0 Å². The van der Waals surface area contributed by atoms with Gasteiger partial charge in [-0.2, -0.15) is 0 Å². The number of rotatable bonds is 16. The van der Waals surface area contributed by atoms with E-state index in [0.717, 1.165) is 5.56 Å². The Morgan fingerprint density at radius 2 is 1.15 bits per heavy atom. The first-order chi connectivity index (χ1) is 39.0. The molecule has 6 aromatic rings. The van der Waals surface area contributed by atoms with Crippen LogP contribution in [0.3, 0.4) is 0 Å². The van der Waals surface area contributed by atoms with Crippen molar-refractivity contribution in [2.75, 3.05) is 64.4 Å². The molecular weight excluding hydrogens is 1060 g/mol. The van der Waals surface area contributed by atoms with E-state index in [1.54, 1.807) is 57.7 Å². The van der Waals surface area contributed by atoms with Crippen LogP contribution in [0.5, 0.6) is 0 Å². The first-order valence-electron chi connectivity index (χ1n) is 27.5. The van der Waals surface area contributed by atoms with Crippen molar-refractivity contribution < 1.29 is 60.1 Å². The second kappa shape index (κ2) is 23.9. The SMILES string of the molecule is COC(=O)N[C@H](C(=O)N1CCCC1Cc1nc2cc(F)c([C@H]3CC[C@H](c4cc5[nH]c([C@@H]6CCCN6C(=O)[C@@H](NC(=O)OC)[C@@H](C)OC)nc5cc4F)N3c3cc(F)c(N4CCC(c5ccc(F)cc5)CC4)c(F)c3)cc2[nH]1)[C@@H](C)OC. The molecular formula is C58H67F5N10O8. The van der Waals surface area contributed by atoms with E-state index >= 15 is 17.6 Å². The van der Waals surface area contributed by atoms with Crippen LogP contribution in [0.25, 0.3) is 22.1 Å². The molecule has 81 heavy (non-hydrogen) atoms. The summed E-state index contributed by atoms with van der Waals surface area (Å²) in [7, 11) is 5.26. The lowest BCUT2D eigenvalue weighted by atomic mass is 9.89. The Kier molecular flexibility index (Phi) is 16.7. The van der Waals surface area contributed by atoms with Crippen molar-refractivity contribution in [2.24, 2.45) is 0 Å². The molecule has 0 aliphatic carbocycles. The van der Waals surface area contributed by atoms with Crippen molar-refractivity contribution in [3.05, 3.63) is 118 Å². The van der Waals surface area contributed by atoms with Crippen LogP contribution in [0.15, 0.2) is 60.7 Å². The number of anilines is 2. The average molecular weight is 1130 g/mol. The number of nitrogens with zero attached hydrogens (tertiary/aromatic N) is 6. The highest BCUT2D eigenvalue weighted by Crippen LogP contribution is 2.50. The monoisotopic (exact) mass is 1130 g/mol. The number of benzene rings is 4. The van der Waals surface area contributed by atoms with Crippen LogP contribution >= 0.6 is 0 Å². The fraction of sp³-hybridized carbons (Fsp3) is 0.483. The van der Waals surface area contributed by atoms with E-state index in [-0.39, 0.29) is 71.0 Å². The lowest BCUT2D eigenvalue weighted by Crippen LogP contribution is -2.55. The summed E-state index contributed by atoms with van der Waals surface area (Å²) in [4.78, 5) is 75.2. The number of carbonyl (C=O) groups excluding carboxylic acids is 4. The summed E-state index contributed by atoms with van der Waals surface area (Å²) < 4.78 is 102. The molecule has 4 aliphatic heterocycles. The maximum Gasteiger partial charge on any atom is 0.407 e. The molecule has 2 aromatic heterocycles. The zero-order valence-electron chi connectivity index (χ0n) is 46.0. The van der Waals surface area contributed by atoms with E-state index in [9.17, 15) is 23.6 Å². The van der Waals surface area contributed by atoms with Crippen molar-refractivity contribution in [3.63, 3.8) is 0 Å². The van der Waals surface area contributed by atoms with Gasteiger partial charge in [0.25, 0.3) is 0 Å². The molecule has 23 heteroatoms. The van der Waals surface area contributed by atoms with Gasteiger partial charge in [0.05, 0.1) is 66.6 Å². The van der Waals surface area contributed by atoms with E-state index in [2.05, 4.69) is 20.6 Å². The minimum atomic E-state index is -1.08. The molecule has 4 saturated heterocycles.